The van der Waals surface area contributed by atoms with E-state index in [-0.39, 0.29) is 0 Å². The lowest BCUT2D eigenvalue weighted by atomic mass is 9.70. The Morgan fingerprint density at radius 2 is 1.82 bits per heavy atom. The molecule has 2 nitrogen and oxygen atoms in total. The van der Waals surface area contributed by atoms with Crippen LogP contribution in [-0.2, 0) is 11.7 Å². The van der Waals surface area contributed by atoms with Gasteiger partial charge in [0.15, 0.2) is 0 Å². The summed E-state index contributed by atoms with van der Waals surface area (Å²) in [5.41, 5.74) is 2.32. The maximum Gasteiger partial charge on any atom is 0.418 e. The molecule has 1 aliphatic carbocycles. The van der Waals surface area contributed by atoms with Crippen molar-refractivity contribution < 1.29 is 22.0 Å². The number of halogens is 5. The molecule has 0 aliphatic heterocycles. The van der Waals surface area contributed by atoms with Crippen LogP contribution in [0, 0.1) is 0 Å². The number of nitrogens with zero attached hydrogens (tertiary/aromatic N) is 1. The molecule has 17 heavy (non-hydrogen) atoms. The number of alkyl halides is 5. The van der Waals surface area contributed by atoms with Crippen LogP contribution in [0.5, 0.6) is 0 Å². The van der Waals surface area contributed by atoms with Gasteiger partial charge < -0.3 is 5.73 Å². The molecule has 0 radical (unpaired) electrons. The highest BCUT2D eigenvalue weighted by molar-refractivity contribution is 5.32. The van der Waals surface area contributed by atoms with Gasteiger partial charge in [-0.1, -0.05) is 0 Å². The Hall–Kier alpha value is -1.24. The van der Waals surface area contributed by atoms with Crippen molar-refractivity contribution in [3.8, 4) is 0 Å². The minimum Gasteiger partial charge on any atom is -0.320 e. The predicted octanol–water partition coefficient (Wildman–Crippen LogP) is 2.68. The standard InChI is InChI=1S/C10H9F5N2/c11-9(12)4-8(16,5-9)7-6(10(13,14)15)2-1-3-17-7/h1-3H,4-5,16H2. The zero-order chi connectivity index (χ0) is 12.9. The largest absolute Gasteiger partial charge is 0.418 e. The number of hydrogen-bond donors (Lipinski definition) is 1. The first kappa shape index (κ1) is 12.2. The monoisotopic (exact) mass is 252 g/mol. The van der Waals surface area contributed by atoms with Gasteiger partial charge in [-0.3, -0.25) is 4.98 Å². The van der Waals surface area contributed by atoms with Gasteiger partial charge in [0.05, 0.1) is 16.8 Å². The first-order valence-corrected chi connectivity index (χ1v) is 4.83. The van der Waals surface area contributed by atoms with Crippen molar-refractivity contribution in [2.45, 2.75) is 30.5 Å². The molecule has 1 aromatic rings. The van der Waals surface area contributed by atoms with Crippen LogP contribution in [0.2, 0.25) is 0 Å². The molecule has 1 fully saturated rings. The fourth-order valence-corrected chi connectivity index (χ4v) is 2.07. The van der Waals surface area contributed by atoms with Crippen LogP contribution in [0.25, 0.3) is 0 Å². The van der Waals surface area contributed by atoms with Crippen molar-refractivity contribution in [1.29, 1.82) is 0 Å². The smallest absolute Gasteiger partial charge is 0.320 e. The van der Waals surface area contributed by atoms with E-state index in [2.05, 4.69) is 4.98 Å². The van der Waals surface area contributed by atoms with E-state index in [0.29, 0.717) is 0 Å². The summed E-state index contributed by atoms with van der Waals surface area (Å²) in [6.45, 7) is 0. The summed E-state index contributed by atoms with van der Waals surface area (Å²) in [5.74, 6) is -3.00. The molecule has 1 aliphatic rings. The van der Waals surface area contributed by atoms with Crippen molar-refractivity contribution in [3.05, 3.63) is 29.6 Å². The van der Waals surface area contributed by atoms with E-state index in [1.165, 1.54) is 0 Å². The molecule has 0 saturated heterocycles. The third-order valence-electron chi connectivity index (χ3n) is 2.73. The molecule has 1 aromatic heterocycles. The van der Waals surface area contributed by atoms with Crippen LogP contribution < -0.4 is 5.73 Å². The second-order valence-electron chi connectivity index (χ2n) is 4.26. The van der Waals surface area contributed by atoms with Gasteiger partial charge in [0.1, 0.15) is 0 Å². The Morgan fingerprint density at radius 3 is 2.29 bits per heavy atom. The molecular formula is C10H9F5N2. The van der Waals surface area contributed by atoms with Gasteiger partial charge in [0.2, 0.25) is 0 Å². The van der Waals surface area contributed by atoms with Gasteiger partial charge in [-0.05, 0) is 12.1 Å². The third kappa shape index (κ3) is 2.11. The van der Waals surface area contributed by atoms with E-state index < -0.39 is 41.7 Å². The topological polar surface area (TPSA) is 38.9 Å². The molecule has 0 aromatic carbocycles. The SMILES string of the molecule is NC1(c2ncccc2C(F)(F)F)CC(F)(F)C1. The van der Waals surface area contributed by atoms with Crippen molar-refractivity contribution in [1.82, 2.24) is 4.98 Å². The molecule has 0 unspecified atom stereocenters. The van der Waals surface area contributed by atoms with Crippen molar-refractivity contribution in [3.63, 3.8) is 0 Å². The van der Waals surface area contributed by atoms with Crippen LogP contribution in [-0.4, -0.2) is 10.9 Å². The van der Waals surface area contributed by atoms with E-state index in [9.17, 15) is 22.0 Å². The Balaban J connectivity index is 2.41. The predicted molar refractivity (Wildman–Crippen MR) is 49.3 cm³/mol. The molecule has 0 spiro atoms. The van der Waals surface area contributed by atoms with Gasteiger partial charge in [0, 0.05) is 19.0 Å². The average Bonchev–Trinajstić information content (AvgIpc) is 2.13. The van der Waals surface area contributed by atoms with Gasteiger partial charge in [-0.15, -0.1) is 0 Å². The summed E-state index contributed by atoms with van der Waals surface area (Å²) in [6.07, 6.45) is -5.13. The van der Waals surface area contributed by atoms with Crippen LogP contribution in [0.1, 0.15) is 24.1 Å². The molecule has 94 valence electrons. The second kappa shape index (κ2) is 3.38. The Bertz CT molecular complexity index is 433. The van der Waals surface area contributed by atoms with Crippen LogP contribution in [0.3, 0.4) is 0 Å². The normalized spacial score (nSPS) is 22.0. The molecule has 7 heteroatoms. The molecule has 2 N–H and O–H groups in total. The van der Waals surface area contributed by atoms with Crippen LogP contribution >= 0.6 is 0 Å². The first-order valence-electron chi connectivity index (χ1n) is 4.83. The van der Waals surface area contributed by atoms with E-state index in [4.69, 9.17) is 5.73 Å². The van der Waals surface area contributed by atoms with E-state index in [1.54, 1.807) is 0 Å². The quantitative estimate of drug-likeness (QED) is 0.780. The lowest BCUT2D eigenvalue weighted by molar-refractivity contribution is -0.148. The maximum atomic E-state index is 12.8. The maximum absolute atomic E-state index is 12.8. The Labute approximate surface area is 93.6 Å². The summed E-state index contributed by atoms with van der Waals surface area (Å²) >= 11 is 0. The summed E-state index contributed by atoms with van der Waals surface area (Å²) in [6, 6.07) is 1.90. The lowest BCUT2D eigenvalue weighted by Gasteiger charge is -2.44. The van der Waals surface area contributed by atoms with Gasteiger partial charge in [-0.2, -0.15) is 13.2 Å². The second-order valence-corrected chi connectivity index (χ2v) is 4.26. The van der Waals surface area contributed by atoms with Crippen molar-refractivity contribution >= 4 is 0 Å². The fourth-order valence-electron chi connectivity index (χ4n) is 2.07. The number of hydrogen-bond acceptors (Lipinski definition) is 2. The first-order chi connectivity index (χ1) is 7.64. The van der Waals surface area contributed by atoms with E-state index >= 15 is 0 Å². The summed E-state index contributed by atoms with van der Waals surface area (Å²) < 4.78 is 63.5. The summed E-state index contributed by atoms with van der Waals surface area (Å²) in [5, 5.41) is 0. The average molecular weight is 252 g/mol. The van der Waals surface area contributed by atoms with E-state index in [1.807, 2.05) is 0 Å². The van der Waals surface area contributed by atoms with E-state index in [0.717, 1.165) is 18.3 Å². The molecular weight excluding hydrogens is 243 g/mol. The minimum atomic E-state index is -4.64. The zero-order valence-corrected chi connectivity index (χ0v) is 8.56. The van der Waals surface area contributed by atoms with Gasteiger partial charge in [0.25, 0.3) is 5.92 Å². The van der Waals surface area contributed by atoms with Crippen LogP contribution in [0.15, 0.2) is 18.3 Å². The highest BCUT2D eigenvalue weighted by Crippen LogP contribution is 2.51. The molecule has 1 saturated carbocycles. The zero-order valence-electron chi connectivity index (χ0n) is 8.56. The molecule has 1 heterocycles. The van der Waals surface area contributed by atoms with Crippen LogP contribution in [0.4, 0.5) is 22.0 Å². The van der Waals surface area contributed by atoms with Crippen molar-refractivity contribution in [2.75, 3.05) is 0 Å². The number of rotatable bonds is 1. The van der Waals surface area contributed by atoms with Crippen molar-refractivity contribution in [2.24, 2.45) is 5.73 Å². The third-order valence-corrected chi connectivity index (χ3v) is 2.73. The fraction of sp³-hybridized carbons (Fsp3) is 0.500. The lowest BCUT2D eigenvalue weighted by Crippen LogP contribution is -2.56. The summed E-state index contributed by atoms with van der Waals surface area (Å²) in [4.78, 5) is 3.53. The molecule has 0 bridgehead atoms. The van der Waals surface area contributed by atoms with Gasteiger partial charge in [-0.25, -0.2) is 8.78 Å². The highest BCUT2D eigenvalue weighted by Gasteiger charge is 2.58. The number of aromatic nitrogens is 1. The molecule has 0 atom stereocenters. The Morgan fingerprint density at radius 1 is 1.24 bits per heavy atom. The Kier molecular flexibility index (Phi) is 2.43. The summed E-state index contributed by atoms with van der Waals surface area (Å²) in [7, 11) is 0. The van der Waals surface area contributed by atoms with Gasteiger partial charge >= 0.3 is 6.18 Å². The highest BCUT2D eigenvalue weighted by atomic mass is 19.4. The molecule has 0 amide bonds. The number of pyridine rings is 1. The minimum absolute atomic E-state index is 0.501. The number of nitrogens with two attached hydrogens (primary N) is 1. The molecule has 2 rings (SSSR count).